The molecular weight excluding hydrogens is 298 g/mol. The number of hydrogen-bond acceptors (Lipinski definition) is 3. The minimum atomic E-state index is -3.56. The van der Waals surface area contributed by atoms with Crippen molar-refractivity contribution in [2.24, 2.45) is 0 Å². The van der Waals surface area contributed by atoms with Gasteiger partial charge in [0.1, 0.15) is 4.90 Å². The van der Waals surface area contributed by atoms with Crippen LogP contribution in [-0.4, -0.2) is 26.2 Å². The van der Waals surface area contributed by atoms with E-state index in [0.29, 0.717) is 12.0 Å². The number of rotatable bonds is 4. The van der Waals surface area contributed by atoms with Crippen LogP contribution in [0.1, 0.15) is 31.2 Å². The highest BCUT2D eigenvalue weighted by Gasteiger charge is 2.26. The Morgan fingerprint density at radius 1 is 1.40 bits per heavy atom. The van der Waals surface area contributed by atoms with Gasteiger partial charge in [-0.1, -0.05) is 29.9 Å². The van der Waals surface area contributed by atoms with Gasteiger partial charge in [0, 0.05) is 18.0 Å². The lowest BCUT2D eigenvalue weighted by molar-refractivity contribution is 0.305. The molecule has 0 spiro atoms. The minimum absolute atomic E-state index is 0.00148. The molecule has 0 bridgehead atoms. The van der Waals surface area contributed by atoms with Gasteiger partial charge in [-0.3, -0.25) is 0 Å². The van der Waals surface area contributed by atoms with Crippen molar-refractivity contribution < 1.29 is 13.5 Å². The summed E-state index contributed by atoms with van der Waals surface area (Å²) in [5, 5.41) is 8.81. The average Bonchev–Trinajstić information content (AvgIpc) is 2.34. The summed E-state index contributed by atoms with van der Waals surface area (Å²) in [6, 6.07) is 4.64. The molecule has 1 saturated carbocycles. The van der Waals surface area contributed by atoms with E-state index in [1.165, 1.54) is 12.1 Å². The fourth-order valence-electron chi connectivity index (χ4n) is 1.83. The molecule has 1 aromatic carbocycles. The zero-order valence-electron chi connectivity index (χ0n) is 10.9. The molecule has 1 aliphatic carbocycles. The van der Waals surface area contributed by atoms with Crippen molar-refractivity contribution in [1.82, 2.24) is 4.72 Å². The molecule has 2 rings (SSSR count). The van der Waals surface area contributed by atoms with Gasteiger partial charge >= 0.3 is 0 Å². The first-order chi connectivity index (χ1) is 9.53. The Labute approximate surface area is 124 Å². The maximum atomic E-state index is 12.2. The van der Waals surface area contributed by atoms with Crippen LogP contribution in [-0.2, 0) is 10.0 Å². The molecule has 1 aliphatic rings. The maximum absolute atomic E-state index is 12.2. The third-order valence-electron chi connectivity index (χ3n) is 3.12. The fraction of sp³-hybridized carbons (Fsp3) is 0.429. The van der Waals surface area contributed by atoms with Crippen LogP contribution in [0.5, 0.6) is 0 Å². The van der Waals surface area contributed by atoms with E-state index in [-0.39, 0.29) is 22.6 Å². The van der Waals surface area contributed by atoms with Gasteiger partial charge in [0.2, 0.25) is 10.0 Å². The van der Waals surface area contributed by atoms with E-state index >= 15 is 0 Å². The van der Waals surface area contributed by atoms with E-state index in [2.05, 4.69) is 16.6 Å². The first kappa shape index (κ1) is 15.3. The maximum Gasteiger partial charge on any atom is 0.242 e. The Bertz CT molecular complexity index is 642. The molecule has 0 radical (unpaired) electrons. The molecule has 1 fully saturated rings. The Morgan fingerprint density at radius 3 is 2.70 bits per heavy atom. The Morgan fingerprint density at radius 2 is 2.15 bits per heavy atom. The smallest absolute Gasteiger partial charge is 0.242 e. The van der Waals surface area contributed by atoms with Gasteiger partial charge in [0.25, 0.3) is 0 Å². The van der Waals surface area contributed by atoms with Crippen molar-refractivity contribution in [2.75, 3.05) is 6.61 Å². The SMILES string of the molecule is O=S(=O)(NC1CCC1)c1ccc(C#CCCO)cc1Cl. The lowest BCUT2D eigenvalue weighted by atomic mass is 9.94. The summed E-state index contributed by atoms with van der Waals surface area (Å²) in [6.07, 6.45) is 3.18. The summed E-state index contributed by atoms with van der Waals surface area (Å²) in [7, 11) is -3.56. The van der Waals surface area contributed by atoms with Gasteiger partial charge in [-0.15, -0.1) is 0 Å². The number of aliphatic hydroxyl groups excluding tert-OH is 1. The molecule has 4 nitrogen and oxygen atoms in total. The standard InChI is InChI=1S/C14H16ClNO3S/c15-13-10-11(4-1-2-9-17)7-8-14(13)20(18,19)16-12-5-3-6-12/h7-8,10,12,16-17H,2-3,5-6,9H2. The van der Waals surface area contributed by atoms with Gasteiger partial charge in [-0.05, 0) is 31.0 Å². The van der Waals surface area contributed by atoms with Gasteiger partial charge < -0.3 is 5.11 Å². The molecule has 108 valence electrons. The molecular formula is C14H16ClNO3S. The molecule has 0 aromatic heterocycles. The highest BCUT2D eigenvalue weighted by atomic mass is 35.5. The summed E-state index contributed by atoms with van der Waals surface area (Å²) in [5.41, 5.74) is 0.631. The van der Waals surface area contributed by atoms with Crippen LogP contribution < -0.4 is 4.72 Å². The molecule has 0 unspecified atom stereocenters. The van der Waals surface area contributed by atoms with Gasteiger partial charge in [0.05, 0.1) is 11.6 Å². The van der Waals surface area contributed by atoms with Gasteiger partial charge in [0.15, 0.2) is 0 Å². The zero-order valence-corrected chi connectivity index (χ0v) is 12.5. The van der Waals surface area contributed by atoms with Crippen LogP contribution in [0.25, 0.3) is 0 Å². The quantitative estimate of drug-likeness (QED) is 0.834. The summed E-state index contributed by atoms with van der Waals surface area (Å²) in [4.78, 5) is 0.0822. The van der Waals surface area contributed by atoms with E-state index in [1.54, 1.807) is 6.07 Å². The Kier molecular flexibility index (Phi) is 5.06. The average molecular weight is 314 g/mol. The van der Waals surface area contributed by atoms with E-state index in [0.717, 1.165) is 19.3 Å². The first-order valence-electron chi connectivity index (χ1n) is 6.44. The third kappa shape index (κ3) is 3.74. The molecule has 20 heavy (non-hydrogen) atoms. The Balaban J connectivity index is 2.18. The van der Waals surface area contributed by atoms with Crippen LogP contribution in [0, 0.1) is 11.8 Å². The lowest BCUT2D eigenvalue weighted by Crippen LogP contribution is -2.39. The van der Waals surface area contributed by atoms with Crippen molar-refractivity contribution in [1.29, 1.82) is 0 Å². The highest BCUT2D eigenvalue weighted by Crippen LogP contribution is 2.25. The molecule has 0 aliphatic heterocycles. The molecule has 6 heteroatoms. The number of halogens is 1. The van der Waals surface area contributed by atoms with Crippen LogP contribution >= 0.6 is 11.6 Å². The molecule has 1 aromatic rings. The van der Waals surface area contributed by atoms with Crippen molar-refractivity contribution in [3.8, 4) is 11.8 Å². The topological polar surface area (TPSA) is 66.4 Å². The van der Waals surface area contributed by atoms with Gasteiger partial charge in [-0.25, -0.2) is 13.1 Å². The van der Waals surface area contributed by atoms with E-state index in [9.17, 15) is 8.42 Å². The lowest BCUT2D eigenvalue weighted by Gasteiger charge is -2.26. The first-order valence-corrected chi connectivity index (χ1v) is 8.30. The third-order valence-corrected chi connectivity index (χ3v) is 5.12. The molecule has 0 saturated heterocycles. The molecule has 0 heterocycles. The summed E-state index contributed by atoms with van der Waals surface area (Å²) in [5.74, 6) is 5.58. The summed E-state index contributed by atoms with van der Waals surface area (Å²) < 4.78 is 27.0. The van der Waals surface area contributed by atoms with Gasteiger partial charge in [-0.2, -0.15) is 0 Å². The fourth-order valence-corrected chi connectivity index (χ4v) is 3.68. The van der Waals surface area contributed by atoms with E-state index in [4.69, 9.17) is 16.7 Å². The van der Waals surface area contributed by atoms with Crippen LogP contribution in [0.3, 0.4) is 0 Å². The van der Waals surface area contributed by atoms with Crippen molar-refractivity contribution >= 4 is 21.6 Å². The minimum Gasteiger partial charge on any atom is -0.395 e. The van der Waals surface area contributed by atoms with Crippen molar-refractivity contribution in [3.05, 3.63) is 28.8 Å². The molecule has 0 amide bonds. The predicted octanol–water partition coefficient (Wildman–Crippen LogP) is 1.90. The van der Waals surface area contributed by atoms with Crippen LogP contribution in [0.4, 0.5) is 0 Å². The van der Waals surface area contributed by atoms with Crippen molar-refractivity contribution in [2.45, 2.75) is 36.6 Å². The van der Waals surface area contributed by atoms with Crippen molar-refractivity contribution in [3.63, 3.8) is 0 Å². The second-order valence-electron chi connectivity index (χ2n) is 4.67. The highest BCUT2D eigenvalue weighted by molar-refractivity contribution is 7.89. The number of nitrogens with one attached hydrogen (secondary N) is 1. The number of sulfonamides is 1. The second-order valence-corrected chi connectivity index (χ2v) is 6.76. The summed E-state index contributed by atoms with van der Waals surface area (Å²) in [6.45, 7) is -0.00148. The second kappa shape index (κ2) is 6.59. The summed E-state index contributed by atoms with van der Waals surface area (Å²) >= 11 is 6.04. The number of hydrogen-bond donors (Lipinski definition) is 2. The van der Waals surface area contributed by atoms with Crippen LogP contribution in [0.15, 0.2) is 23.1 Å². The molecule has 2 N–H and O–H groups in total. The normalized spacial score (nSPS) is 15.3. The predicted molar refractivity (Wildman–Crippen MR) is 78.0 cm³/mol. The largest absolute Gasteiger partial charge is 0.395 e. The number of aliphatic hydroxyl groups is 1. The number of benzene rings is 1. The molecule has 0 atom stereocenters. The van der Waals surface area contributed by atoms with E-state index in [1.807, 2.05) is 0 Å². The zero-order chi connectivity index (χ0) is 14.6. The van der Waals surface area contributed by atoms with E-state index < -0.39 is 10.0 Å². The monoisotopic (exact) mass is 313 g/mol. The Hall–Kier alpha value is -1.06. The van der Waals surface area contributed by atoms with Crippen LogP contribution in [0.2, 0.25) is 5.02 Å².